The Morgan fingerprint density at radius 1 is 1.23 bits per heavy atom. The normalized spacial score (nSPS) is 24.1. The molecule has 3 unspecified atom stereocenters. The SMILES string of the molecule is C=N/C=C\C(C(C)NC(=O)C1=CCC(N2Cc3ccc(S(=O)(=O)N4CCCC4)cc3C2=O)S1)N1CCNCC1. The van der Waals surface area contributed by atoms with Crippen LogP contribution in [0.2, 0.25) is 0 Å². The van der Waals surface area contributed by atoms with E-state index in [0.717, 1.165) is 44.6 Å². The highest BCUT2D eigenvalue weighted by atomic mass is 32.2. The topological polar surface area (TPSA) is 114 Å². The molecule has 0 aromatic heterocycles. The predicted molar refractivity (Wildman–Crippen MR) is 153 cm³/mol. The molecule has 0 saturated carbocycles. The van der Waals surface area contributed by atoms with Gasteiger partial charge >= 0.3 is 0 Å². The quantitative estimate of drug-likeness (QED) is 0.434. The third-order valence-corrected chi connectivity index (χ3v) is 11.0. The highest BCUT2D eigenvalue weighted by Gasteiger charge is 2.38. The Kier molecular flexibility index (Phi) is 8.57. The van der Waals surface area contributed by atoms with Crippen LogP contribution in [-0.4, -0.2) is 97.8 Å². The van der Waals surface area contributed by atoms with Crippen LogP contribution in [0.3, 0.4) is 0 Å². The van der Waals surface area contributed by atoms with Crippen molar-refractivity contribution < 1.29 is 18.0 Å². The second kappa shape index (κ2) is 11.9. The van der Waals surface area contributed by atoms with E-state index in [2.05, 4.69) is 27.2 Å². The number of nitrogens with one attached hydrogen (secondary N) is 2. The van der Waals surface area contributed by atoms with Crippen LogP contribution >= 0.6 is 11.8 Å². The Bertz CT molecular complexity index is 1280. The maximum absolute atomic E-state index is 13.4. The second-order valence-corrected chi connectivity index (χ2v) is 13.5. The van der Waals surface area contributed by atoms with Gasteiger partial charge in [-0.3, -0.25) is 19.5 Å². The highest BCUT2D eigenvalue weighted by Crippen LogP contribution is 2.39. The lowest BCUT2D eigenvalue weighted by Gasteiger charge is -2.36. The van der Waals surface area contributed by atoms with Gasteiger partial charge in [-0.15, -0.1) is 0 Å². The van der Waals surface area contributed by atoms with Crippen molar-refractivity contribution in [3.63, 3.8) is 0 Å². The summed E-state index contributed by atoms with van der Waals surface area (Å²) in [5.74, 6) is -0.344. The molecule has 0 aliphatic carbocycles. The number of benzene rings is 1. The van der Waals surface area contributed by atoms with Gasteiger partial charge in [-0.05, 0) is 56.7 Å². The van der Waals surface area contributed by atoms with Crippen molar-refractivity contribution in [2.45, 2.75) is 55.1 Å². The first kappa shape index (κ1) is 28.0. The van der Waals surface area contributed by atoms with E-state index in [4.69, 9.17) is 0 Å². The van der Waals surface area contributed by atoms with Crippen LogP contribution in [0.15, 0.2) is 51.3 Å². The number of hydrogen-bond acceptors (Lipinski definition) is 8. The zero-order valence-corrected chi connectivity index (χ0v) is 23.8. The molecule has 4 aliphatic rings. The summed E-state index contributed by atoms with van der Waals surface area (Å²) in [6.45, 7) is 10.5. The molecule has 0 spiro atoms. The average molecular weight is 573 g/mol. The van der Waals surface area contributed by atoms with Gasteiger partial charge in [-0.1, -0.05) is 23.9 Å². The van der Waals surface area contributed by atoms with Crippen molar-refractivity contribution in [1.82, 2.24) is 24.7 Å². The number of carbonyl (C=O) groups is 2. The minimum atomic E-state index is -3.60. The van der Waals surface area contributed by atoms with Crippen molar-refractivity contribution in [1.29, 1.82) is 0 Å². The molecule has 2 amide bonds. The summed E-state index contributed by atoms with van der Waals surface area (Å²) in [5.41, 5.74) is 1.25. The predicted octanol–water partition coefficient (Wildman–Crippen LogP) is 1.77. The largest absolute Gasteiger partial charge is 0.347 e. The Labute approximate surface area is 234 Å². The van der Waals surface area contributed by atoms with Crippen LogP contribution in [0.25, 0.3) is 0 Å². The zero-order valence-electron chi connectivity index (χ0n) is 22.2. The molecule has 12 heteroatoms. The van der Waals surface area contributed by atoms with Gasteiger partial charge in [0.05, 0.1) is 15.2 Å². The molecule has 5 rings (SSSR count). The molecule has 4 aliphatic heterocycles. The fourth-order valence-electron chi connectivity index (χ4n) is 5.66. The van der Waals surface area contributed by atoms with Crippen LogP contribution in [0.4, 0.5) is 0 Å². The van der Waals surface area contributed by atoms with Crippen LogP contribution in [0, 0.1) is 0 Å². The molecule has 3 atom stereocenters. The van der Waals surface area contributed by atoms with E-state index in [1.165, 1.54) is 22.1 Å². The van der Waals surface area contributed by atoms with Crippen molar-refractivity contribution in [3.8, 4) is 0 Å². The summed E-state index contributed by atoms with van der Waals surface area (Å²) in [6, 6.07) is 4.72. The van der Waals surface area contributed by atoms with Gasteiger partial charge in [0.1, 0.15) is 0 Å². The van der Waals surface area contributed by atoms with E-state index in [-0.39, 0.29) is 34.2 Å². The first-order valence-corrected chi connectivity index (χ1v) is 15.8. The average Bonchev–Trinajstić information content (AvgIpc) is 3.70. The fourth-order valence-corrected chi connectivity index (χ4v) is 8.34. The van der Waals surface area contributed by atoms with E-state index in [1.807, 2.05) is 19.1 Å². The molecule has 1 aromatic carbocycles. The molecule has 2 N–H and O–H groups in total. The number of amides is 2. The van der Waals surface area contributed by atoms with Crippen molar-refractivity contribution in [2.75, 3.05) is 39.3 Å². The summed E-state index contributed by atoms with van der Waals surface area (Å²) in [5, 5.41) is 6.28. The highest BCUT2D eigenvalue weighted by molar-refractivity contribution is 8.04. The van der Waals surface area contributed by atoms with Gasteiger partial charge in [-0.2, -0.15) is 4.31 Å². The first-order valence-electron chi connectivity index (χ1n) is 13.5. The monoisotopic (exact) mass is 572 g/mol. The molecule has 2 saturated heterocycles. The number of thioether (sulfide) groups is 1. The molecule has 39 heavy (non-hydrogen) atoms. The molecule has 10 nitrogen and oxygen atoms in total. The van der Waals surface area contributed by atoms with Gasteiger partial charge in [-0.25, -0.2) is 8.42 Å². The van der Waals surface area contributed by atoms with Gasteiger partial charge in [0.2, 0.25) is 10.0 Å². The van der Waals surface area contributed by atoms with Gasteiger partial charge in [0.15, 0.2) is 0 Å². The van der Waals surface area contributed by atoms with Crippen LogP contribution in [-0.2, 0) is 21.4 Å². The minimum Gasteiger partial charge on any atom is -0.347 e. The van der Waals surface area contributed by atoms with Crippen LogP contribution in [0.1, 0.15) is 42.1 Å². The molecule has 0 bridgehead atoms. The Balaban J connectivity index is 1.21. The lowest BCUT2D eigenvalue weighted by atomic mass is 10.1. The summed E-state index contributed by atoms with van der Waals surface area (Å²) in [6.07, 6.45) is 7.81. The van der Waals surface area contributed by atoms with Crippen molar-refractivity contribution >= 4 is 40.3 Å². The van der Waals surface area contributed by atoms with Gasteiger partial charge in [0, 0.05) is 69.7 Å². The third kappa shape index (κ3) is 5.85. The number of aliphatic imine (C=N–C) groups is 1. The van der Waals surface area contributed by atoms with E-state index >= 15 is 0 Å². The molecule has 210 valence electrons. The van der Waals surface area contributed by atoms with Crippen LogP contribution < -0.4 is 10.6 Å². The molecular weight excluding hydrogens is 536 g/mol. The number of sulfonamides is 1. The Morgan fingerprint density at radius 3 is 2.69 bits per heavy atom. The summed E-state index contributed by atoms with van der Waals surface area (Å²) in [7, 11) is -3.60. The molecule has 4 heterocycles. The number of piperazine rings is 1. The van der Waals surface area contributed by atoms with Gasteiger partial charge < -0.3 is 15.5 Å². The molecule has 0 radical (unpaired) electrons. The summed E-state index contributed by atoms with van der Waals surface area (Å²) in [4.78, 5) is 35.2. The van der Waals surface area contributed by atoms with Crippen molar-refractivity contribution in [2.24, 2.45) is 4.99 Å². The maximum Gasteiger partial charge on any atom is 0.257 e. The van der Waals surface area contributed by atoms with E-state index in [0.29, 0.717) is 36.5 Å². The summed E-state index contributed by atoms with van der Waals surface area (Å²) >= 11 is 1.39. The van der Waals surface area contributed by atoms with E-state index in [1.54, 1.807) is 23.2 Å². The zero-order chi connectivity index (χ0) is 27.6. The molecule has 2 fully saturated rings. The Morgan fingerprint density at radius 2 is 1.97 bits per heavy atom. The minimum absolute atomic E-state index is 0.00922. The molecule has 1 aromatic rings. The van der Waals surface area contributed by atoms with Gasteiger partial charge in [0.25, 0.3) is 11.8 Å². The third-order valence-electron chi connectivity index (χ3n) is 7.79. The number of carbonyl (C=O) groups excluding carboxylic acids is 2. The lowest BCUT2D eigenvalue weighted by molar-refractivity contribution is -0.117. The fraction of sp³-hybridized carbons (Fsp3) is 0.519. The van der Waals surface area contributed by atoms with Crippen LogP contribution in [0.5, 0.6) is 0 Å². The first-order chi connectivity index (χ1) is 18.8. The summed E-state index contributed by atoms with van der Waals surface area (Å²) < 4.78 is 27.5. The van der Waals surface area contributed by atoms with E-state index in [9.17, 15) is 18.0 Å². The Hall–Kier alpha value is -2.51. The smallest absolute Gasteiger partial charge is 0.257 e. The maximum atomic E-state index is 13.4. The molecular formula is C27H36N6O4S2. The lowest BCUT2D eigenvalue weighted by Crippen LogP contribution is -2.55. The number of fused-ring (bicyclic) bond motifs is 1. The van der Waals surface area contributed by atoms with E-state index < -0.39 is 10.0 Å². The van der Waals surface area contributed by atoms with Crippen molar-refractivity contribution in [3.05, 3.63) is 52.6 Å². The number of hydrogen-bond donors (Lipinski definition) is 2. The number of rotatable bonds is 9. The standard InChI is InChI=1S/C27H36N6O4S2/c1-19(23(9-10-28-2)31-15-11-29-12-16-31)30-26(34)24-7-8-25(38-24)33-18-20-5-6-21(17-22(20)27(33)35)39(36,37)32-13-3-4-14-32/h5-7,9-10,17,19,23,25,29H,2-4,8,11-16,18H2,1H3,(H,30,34)/b10-9-. The number of nitrogens with zero attached hydrogens (tertiary/aromatic N) is 4. The second-order valence-electron chi connectivity index (χ2n) is 10.3.